The second kappa shape index (κ2) is 16.5. The summed E-state index contributed by atoms with van der Waals surface area (Å²) in [6.45, 7) is -1.40. The van der Waals surface area contributed by atoms with Crippen molar-refractivity contribution < 1.29 is 59.2 Å². The fourth-order valence-corrected chi connectivity index (χ4v) is 9.49. The highest BCUT2D eigenvalue weighted by Crippen LogP contribution is 2.50. The van der Waals surface area contributed by atoms with Gasteiger partial charge in [-0.15, -0.1) is 0 Å². The summed E-state index contributed by atoms with van der Waals surface area (Å²) in [7, 11) is 1.47. The molecular formula is C47H49N2O12+. The second-order valence-corrected chi connectivity index (χ2v) is 16.5. The van der Waals surface area contributed by atoms with Crippen molar-refractivity contribution in [1.29, 1.82) is 0 Å². The number of phenolic OH excluding ortho intramolecular Hbond substituents is 1. The molecule has 4 heterocycles. The second-order valence-electron chi connectivity index (χ2n) is 16.5. The lowest BCUT2D eigenvalue weighted by Gasteiger charge is -2.47. The van der Waals surface area contributed by atoms with Gasteiger partial charge in [0, 0.05) is 42.9 Å². The molecule has 14 heteroatoms. The van der Waals surface area contributed by atoms with Crippen molar-refractivity contribution in [2.45, 2.75) is 87.3 Å². The Morgan fingerprint density at radius 2 is 1.92 bits per heavy atom. The number of ether oxygens (including phenoxy) is 4. The van der Waals surface area contributed by atoms with Crippen LogP contribution in [0.25, 0.3) is 16.8 Å². The van der Waals surface area contributed by atoms with Crippen LogP contribution in [0.15, 0.2) is 82.0 Å². The maximum Gasteiger partial charge on any atom is 0.254 e. The molecular weight excluding hydrogens is 785 g/mol. The zero-order valence-electron chi connectivity index (χ0n) is 33.7. The molecule has 2 aliphatic carbocycles. The standard InChI is InChI=1S/C47H48N2O12/c1-58-37-19-28-18-31(26-8-2-3-9-26)40(35(52)22-49-21-27-10-4-5-11-29(27)45(49)56)42(54)39(28)43-30(37)13-15-36(33-20-48-34-14-12-25(7-6-16-50)17-32(33)34)59-23-38-41(53)44(55)47(57,24-51)46(60-38)61-43/h4-5,10-15,17-20,26,36,38,41,44,46,50-51,53,55,57H,2-3,6-9,16,21-24H2,1H3/p+1/b15-13-/t36-,38-,41-,44+,46-,47-/m1/s1. The van der Waals surface area contributed by atoms with Crippen molar-refractivity contribution in [2.24, 2.45) is 4.99 Å². The molecule has 1 amide bonds. The number of ketones is 1. The molecule has 3 aromatic rings. The number of aliphatic imine (C=N–C) groups is 1. The van der Waals surface area contributed by atoms with Crippen molar-refractivity contribution in [2.75, 3.05) is 33.5 Å². The summed E-state index contributed by atoms with van der Waals surface area (Å²) in [5.41, 5.74) is 2.83. The fourth-order valence-electron chi connectivity index (χ4n) is 9.49. The molecule has 9 rings (SSSR count). The zero-order chi connectivity index (χ0) is 42.6. The van der Waals surface area contributed by atoms with E-state index >= 15 is 0 Å². The normalized spacial score (nSPS) is 27.7. The van der Waals surface area contributed by atoms with Crippen LogP contribution >= 0.6 is 0 Å². The molecule has 0 spiro atoms. The van der Waals surface area contributed by atoms with Gasteiger partial charge < -0.3 is 54.5 Å². The SMILES string of the molecule is COc1cc2cc(C3CCCC3)c(C(=O)CN3Cc4ccccc4C3=O)c(O)c2c2c1/C=C\[C@H](C1=C3[CH+]C(CCCO)=CC=C3N=C1)OC[C@H]1O[C@H](O2)[C@@](O)(CO)[C@@H](O)[C@@H]1O. The molecule has 4 aliphatic heterocycles. The highest BCUT2D eigenvalue weighted by Gasteiger charge is 2.57. The highest BCUT2D eigenvalue weighted by molar-refractivity contribution is 6.11. The van der Waals surface area contributed by atoms with Gasteiger partial charge in [0.05, 0.1) is 55.2 Å². The van der Waals surface area contributed by atoms with E-state index in [1.165, 1.54) is 12.0 Å². The number of hydrogen-bond donors (Lipinski definition) is 6. The number of aliphatic hydroxyl groups is 5. The van der Waals surface area contributed by atoms with Crippen LogP contribution in [-0.4, -0.2) is 123 Å². The lowest BCUT2D eigenvalue weighted by atomic mass is 9.86. The predicted octanol–water partition coefficient (Wildman–Crippen LogP) is 4.19. The summed E-state index contributed by atoms with van der Waals surface area (Å²) in [5, 5.41) is 67.6. The smallest absolute Gasteiger partial charge is 0.254 e. The lowest BCUT2D eigenvalue weighted by Crippen LogP contribution is -2.69. The van der Waals surface area contributed by atoms with Gasteiger partial charge in [-0.1, -0.05) is 31.0 Å². The number of allylic oxidation sites excluding steroid dienone is 4. The van der Waals surface area contributed by atoms with E-state index in [1.54, 1.807) is 36.6 Å². The Morgan fingerprint density at radius 3 is 2.67 bits per heavy atom. The number of amides is 1. The van der Waals surface area contributed by atoms with Crippen molar-refractivity contribution in [3.8, 4) is 17.2 Å². The first-order valence-electron chi connectivity index (χ1n) is 20.8. The van der Waals surface area contributed by atoms with E-state index in [2.05, 4.69) is 4.99 Å². The number of rotatable bonds is 10. The van der Waals surface area contributed by atoms with Crippen molar-refractivity contribution >= 4 is 34.8 Å². The third-order valence-corrected chi connectivity index (χ3v) is 12.8. The third-order valence-electron chi connectivity index (χ3n) is 12.8. The van der Waals surface area contributed by atoms with Gasteiger partial charge in [0.25, 0.3) is 5.91 Å². The first-order chi connectivity index (χ1) is 29.5. The molecule has 0 radical (unpaired) electrons. The van der Waals surface area contributed by atoms with Gasteiger partial charge in [0.2, 0.25) is 6.29 Å². The number of aliphatic hydroxyl groups excluding tert-OH is 4. The molecule has 6 atom stereocenters. The Labute approximate surface area is 352 Å². The molecule has 1 saturated carbocycles. The number of hydrogen-bond acceptors (Lipinski definition) is 13. The van der Waals surface area contributed by atoms with Gasteiger partial charge >= 0.3 is 0 Å². The molecule has 6 aliphatic rings. The zero-order valence-corrected chi connectivity index (χ0v) is 33.7. The Hall–Kier alpha value is -5.32. The van der Waals surface area contributed by atoms with Crippen LogP contribution < -0.4 is 9.47 Å². The van der Waals surface area contributed by atoms with Crippen LogP contribution in [0.1, 0.15) is 81.8 Å². The average Bonchev–Trinajstić information content (AvgIpc) is 4.03. The Balaban J connectivity index is 1.21. The number of aromatic hydroxyl groups is 1. The van der Waals surface area contributed by atoms with Gasteiger partial charge in [-0.2, -0.15) is 4.99 Å². The van der Waals surface area contributed by atoms with Crippen molar-refractivity contribution in [3.63, 3.8) is 0 Å². The molecule has 1 saturated heterocycles. The van der Waals surface area contributed by atoms with Gasteiger partial charge in [-0.3, -0.25) is 9.59 Å². The number of phenols is 1. The van der Waals surface area contributed by atoms with E-state index < -0.39 is 54.4 Å². The maximum atomic E-state index is 14.6. The van der Waals surface area contributed by atoms with Crippen LogP contribution in [0.3, 0.4) is 0 Å². The number of Topliss-reactive ketones (excluding diaryl/α,β-unsaturated/α-hetero) is 1. The van der Waals surface area contributed by atoms with Gasteiger partial charge in [0.1, 0.15) is 47.2 Å². The number of methoxy groups -OCH3 is 1. The number of carbonyl (C=O) groups excluding carboxylic acids is 2. The van der Waals surface area contributed by atoms with E-state index in [-0.39, 0.29) is 66.1 Å². The van der Waals surface area contributed by atoms with E-state index in [0.29, 0.717) is 40.6 Å². The molecule has 14 nitrogen and oxygen atoms in total. The largest absolute Gasteiger partial charge is 0.506 e. The van der Waals surface area contributed by atoms with Gasteiger partial charge in [-0.25, -0.2) is 0 Å². The minimum absolute atomic E-state index is 0.0403. The van der Waals surface area contributed by atoms with Crippen LogP contribution in [-0.2, 0) is 16.0 Å². The first kappa shape index (κ1) is 41.1. The highest BCUT2D eigenvalue weighted by atomic mass is 16.7. The topological polar surface area (TPSA) is 208 Å². The van der Waals surface area contributed by atoms with Crippen molar-refractivity contribution in [3.05, 3.63) is 111 Å². The van der Waals surface area contributed by atoms with Crippen LogP contribution in [0.5, 0.6) is 17.2 Å². The average molecular weight is 834 g/mol. The molecule has 318 valence electrons. The molecule has 2 fully saturated rings. The quantitative estimate of drug-likeness (QED) is 0.126. The summed E-state index contributed by atoms with van der Waals surface area (Å²) in [6.07, 6.45) is 7.92. The number of fused-ring (bicyclic) bond motifs is 7. The van der Waals surface area contributed by atoms with Crippen LogP contribution in [0.4, 0.5) is 0 Å². The minimum Gasteiger partial charge on any atom is -0.506 e. The van der Waals surface area contributed by atoms with Gasteiger partial charge in [-0.05, 0) is 78.5 Å². The molecule has 3 aromatic carbocycles. The Kier molecular flexibility index (Phi) is 11.1. The Bertz CT molecular complexity index is 2430. The summed E-state index contributed by atoms with van der Waals surface area (Å²) < 4.78 is 25.1. The van der Waals surface area contributed by atoms with E-state index in [4.69, 9.17) is 18.9 Å². The van der Waals surface area contributed by atoms with E-state index in [0.717, 1.165) is 42.4 Å². The molecule has 0 aromatic heterocycles. The summed E-state index contributed by atoms with van der Waals surface area (Å²) in [4.78, 5) is 34.2. The molecule has 61 heavy (non-hydrogen) atoms. The Morgan fingerprint density at radius 1 is 1.11 bits per heavy atom. The van der Waals surface area contributed by atoms with Crippen molar-refractivity contribution in [1.82, 2.24) is 4.90 Å². The third kappa shape index (κ3) is 7.15. The van der Waals surface area contributed by atoms with Gasteiger partial charge in [0.15, 0.2) is 17.1 Å². The van der Waals surface area contributed by atoms with E-state index in [9.17, 15) is 40.2 Å². The number of carbonyl (C=O) groups is 2. The summed E-state index contributed by atoms with van der Waals surface area (Å²) >= 11 is 0. The first-order valence-corrected chi connectivity index (χ1v) is 20.8. The van der Waals surface area contributed by atoms with Crippen LogP contribution in [0.2, 0.25) is 0 Å². The fraction of sp³-hybridized carbons (Fsp3) is 0.404. The number of benzene rings is 3. The lowest BCUT2D eigenvalue weighted by molar-refractivity contribution is -0.329. The number of nitrogens with zero attached hydrogens (tertiary/aromatic N) is 2. The molecule has 0 unspecified atom stereocenters. The minimum atomic E-state index is -2.57. The summed E-state index contributed by atoms with van der Waals surface area (Å²) in [6, 6.07) is 10.8. The van der Waals surface area contributed by atoms with Crippen LogP contribution in [0, 0.1) is 6.42 Å². The molecule has 2 bridgehead atoms. The van der Waals surface area contributed by atoms with E-state index in [1.807, 2.05) is 36.8 Å². The monoisotopic (exact) mass is 833 g/mol. The molecule has 6 N–H and O–H groups in total. The summed E-state index contributed by atoms with van der Waals surface area (Å²) in [5.74, 6) is -1.04. The maximum absolute atomic E-state index is 14.6. The predicted molar refractivity (Wildman–Crippen MR) is 223 cm³/mol.